The summed E-state index contributed by atoms with van der Waals surface area (Å²) in [7, 11) is 4.26. The van der Waals surface area contributed by atoms with Crippen LogP contribution in [0, 0.1) is 0 Å². The summed E-state index contributed by atoms with van der Waals surface area (Å²) >= 11 is 0. The fourth-order valence-electron chi connectivity index (χ4n) is 2.77. The number of likely N-dealkylation sites (N-methyl/N-ethyl adjacent to an activating group) is 1. The Kier molecular flexibility index (Phi) is 3.69. The normalized spacial score (nSPS) is 19.5. The van der Waals surface area contributed by atoms with Crippen molar-refractivity contribution in [3.8, 4) is 0 Å². The molecule has 17 heavy (non-hydrogen) atoms. The SMILES string of the molecule is CN(C)CC1(c2cccc(N)c2)CCOCC1. The molecule has 0 saturated carbocycles. The van der Waals surface area contributed by atoms with Crippen molar-refractivity contribution in [2.45, 2.75) is 18.3 Å². The Hall–Kier alpha value is -1.06. The maximum atomic E-state index is 5.91. The quantitative estimate of drug-likeness (QED) is 0.812. The summed E-state index contributed by atoms with van der Waals surface area (Å²) in [6, 6.07) is 8.32. The molecule has 1 aromatic rings. The molecule has 0 spiro atoms. The molecule has 0 amide bonds. The molecule has 2 N–H and O–H groups in total. The van der Waals surface area contributed by atoms with Crippen molar-refractivity contribution in [3.05, 3.63) is 29.8 Å². The van der Waals surface area contributed by atoms with Gasteiger partial charge < -0.3 is 15.4 Å². The molecule has 1 saturated heterocycles. The number of ether oxygens (including phenoxy) is 1. The minimum Gasteiger partial charge on any atom is -0.399 e. The van der Waals surface area contributed by atoms with Crippen molar-refractivity contribution in [1.82, 2.24) is 4.90 Å². The van der Waals surface area contributed by atoms with Crippen LogP contribution in [0.25, 0.3) is 0 Å². The van der Waals surface area contributed by atoms with Crippen LogP contribution in [0.15, 0.2) is 24.3 Å². The minimum absolute atomic E-state index is 0.205. The van der Waals surface area contributed by atoms with Crippen LogP contribution in [0.1, 0.15) is 18.4 Å². The number of nitrogen functional groups attached to an aromatic ring is 1. The summed E-state index contributed by atoms with van der Waals surface area (Å²) in [6.07, 6.45) is 2.16. The molecule has 3 heteroatoms. The maximum Gasteiger partial charge on any atom is 0.0475 e. The van der Waals surface area contributed by atoms with Crippen molar-refractivity contribution in [2.24, 2.45) is 0 Å². The van der Waals surface area contributed by atoms with Crippen LogP contribution in [0.3, 0.4) is 0 Å². The predicted octanol–water partition coefficient (Wildman–Crippen LogP) is 1.88. The second kappa shape index (κ2) is 5.07. The maximum absolute atomic E-state index is 5.91. The van der Waals surface area contributed by atoms with E-state index in [1.807, 2.05) is 6.07 Å². The lowest BCUT2D eigenvalue weighted by Gasteiger charge is -2.40. The Morgan fingerprint density at radius 3 is 2.59 bits per heavy atom. The molecule has 0 atom stereocenters. The van der Waals surface area contributed by atoms with Crippen LogP contribution in [0.4, 0.5) is 5.69 Å². The summed E-state index contributed by atoms with van der Waals surface area (Å²) in [6.45, 7) is 2.76. The first kappa shape index (κ1) is 12.4. The van der Waals surface area contributed by atoms with E-state index in [0.29, 0.717) is 0 Å². The van der Waals surface area contributed by atoms with Gasteiger partial charge in [0.2, 0.25) is 0 Å². The third-order valence-electron chi connectivity index (χ3n) is 3.57. The second-order valence-electron chi connectivity index (χ2n) is 5.26. The summed E-state index contributed by atoms with van der Waals surface area (Å²) < 4.78 is 5.51. The topological polar surface area (TPSA) is 38.5 Å². The molecule has 2 rings (SSSR count). The van der Waals surface area contributed by atoms with Gasteiger partial charge in [-0.2, -0.15) is 0 Å². The number of rotatable bonds is 3. The summed E-state index contributed by atoms with van der Waals surface area (Å²) in [5.74, 6) is 0. The van der Waals surface area contributed by atoms with Gasteiger partial charge in [0.1, 0.15) is 0 Å². The van der Waals surface area contributed by atoms with Gasteiger partial charge in [0, 0.05) is 30.9 Å². The number of nitrogens with zero attached hydrogens (tertiary/aromatic N) is 1. The van der Waals surface area contributed by atoms with Gasteiger partial charge in [-0.3, -0.25) is 0 Å². The zero-order chi connectivity index (χ0) is 12.3. The first-order valence-corrected chi connectivity index (χ1v) is 6.21. The highest BCUT2D eigenvalue weighted by atomic mass is 16.5. The van der Waals surface area contributed by atoms with Gasteiger partial charge in [-0.15, -0.1) is 0 Å². The molecule has 0 radical (unpaired) electrons. The molecule has 1 heterocycles. The van der Waals surface area contributed by atoms with Crippen LogP contribution in [-0.4, -0.2) is 38.8 Å². The zero-order valence-corrected chi connectivity index (χ0v) is 10.8. The lowest BCUT2D eigenvalue weighted by Crippen LogP contribution is -2.42. The number of hydrogen-bond acceptors (Lipinski definition) is 3. The van der Waals surface area contributed by atoms with E-state index in [1.165, 1.54) is 5.56 Å². The van der Waals surface area contributed by atoms with Crippen LogP contribution in [-0.2, 0) is 10.2 Å². The average Bonchev–Trinajstić information content (AvgIpc) is 2.29. The molecule has 1 aromatic carbocycles. The summed E-state index contributed by atoms with van der Waals surface area (Å²) in [4.78, 5) is 2.26. The van der Waals surface area contributed by atoms with E-state index in [-0.39, 0.29) is 5.41 Å². The average molecular weight is 234 g/mol. The van der Waals surface area contributed by atoms with Gasteiger partial charge in [-0.1, -0.05) is 12.1 Å². The smallest absolute Gasteiger partial charge is 0.0475 e. The van der Waals surface area contributed by atoms with Crippen molar-refractivity contribution in [2.75, 3.05) is 39.6 Å². The second-order valence-corrected chi connectivity index (χ2v) is 5.26. The molecule has 1 fully saturated rings. The third-order valence-corrected chi connectivity index (χ3v) is 3.57. The van der Waals surface area contributed by atoms with E-state index < -0.39 is 0 Å². The first-order valence-electron chi connectivity index (χ1n) is 6.21. The number of hydrogen-bond donors (Lipinski definition) is 1. The van der Waals surface area contributed by atoms with Gasteiger partial charge in [0.05, 0.1) is 0 Å². The number of anilines is 1. The molecule has 1 aliphatic rings. The molecule has 0 aromatic heterocycles. The Morgan fingerprint density at radius 1 is 1.29 bits per heavy atom. The van der Waals surface area contributed by atoms with E-state index in [0.717, 1.165) is 38.3 Å². The van der Waals surface area contributed by atoms with Gasteiger partial charge in [-0.25, -0.2) is 0 Å². The summed E-state index contributed by atoms with van der Waals surface area (Å²) in [5, 5.41) is 0. The Bertz CT molecular complexity index is 370. The molecule has 3 nitrogen and oxygen atoms in total. The monoisotopic (exact) mass is 234 g/mol. The minimum atomic E-state index is 0.205. The molecule has 94 valence electrons. The van der Waals surface area contributed by atoms with E-state index in [9.17, 15) is 0 Å². The standard InChI is InChI=1S/C14H22N2O/c1-16(2)11-14(6-8-17-9-7-14)12-4-3-5-13(15)10-12/h3-5,10H,6-9,11,15H2,1-2H3. The van der Waals surface area contributed by atoms with Crippen LogP contribution in [0.2, 0.25) is 0 Å². The highest BCUT2D eigenvalue weighted by Crippen LogP contribution is 2.36. The molecular formula is C14H22N2O. The molecule has 0 bridgehead atoms. The fraction of sp³-hybridized carbons (Fsp3) is 0.571. The Labute approximate surface area is 104 Å². The highest BCUT2D eigenvalue weighted by Gasteiger charge is 2.34. The van der Waals surface area contributed by atoms with E-state index in [1.54, 1.807) is 0 Å². The predicted molar refractivity (Wildman–Crippen MR) is 71.1 cm³/mol. The van der Waals surface area contributed by atoms with Crippen LogP contribution < -0.4 is 5.73 Å². The van der Waals surface area contributed by atoms with Crippen molar-refractivity contribution in [1.29, 1.82) is 0 Å². The van der Waals surface area contributed by atoms with Crippen molar-refractivity contribution in [3.63, 3.8) is 0 Å². The Balaban J connectivity index is 2.31. The van der Waals surface area contributed by atoms with Crippen LogP contribution in [0.5, 0.6) is 0 Å². The van der Waals surface area contributed by atoms with Gasteiger partial charge in [0.25, 0.3) is 0 Å². The van der Waals surface area contributed by atoms with Gasteiger partial charge in [0.15, 0.2) is 0 Å². The van der Waals surface area contributed by atoms with E-state index >= 15 is 0 Å². The Morgan fingerprint density at radius 2 is 2.00 bits per heavy atom. The number of nitrogens with two attached hydrogens (primary N) is 1. The molecule has 0 aliphatic carbocycles. The van der Waals surface area contributed by atoms with E-state index in [4.69, 9.17) is 10.5 Å². The van der Waals surface area contributed by atoms with Crippen molar-refractivity contribution < 1.29 is 4.74 Å². The van der Waals surface area contributed by atoms with Crippen molar-refractivity contribution >= 4 is 5.69 Å². The van der Waals surface area contributed by atoms with E-state index in [2.05, 4.69) is 37.2 Å². The zero-order valence-electron chi connectivity index (χ0n) is 10.8. The highest BCUT2D eigenvalue weighted by molar-refractivity contribution is 5.43. The molecule has 1 aliphatic heterocycles. The molecule has 0 unspecified atom stereocenters. The number of benzene rings is 1. The fourth-order valence-corrected chi connectivity index (χ4v) is 2.77. The van der Waals surface area contributed by atoms with Gasteiger partial charge >= 0.3 is 0 Å². The third kappa shape index (κ3) is 2.79. The lowest BCUT2D eigenvalue weighted by atomic mass is 9.73. The largest absolute Gasteiger partial charge is 0.399 e. The first-order chi connectivity index (χ1) is 8.12. The van der Waals surface area contributed by atoms with Crippen LogP contribution >= 0.6 is 0 Å². The lowest BCUT2D eigenvalue weighted by molar-refractivity contribution is 0.0402. The summed E-state index contributed by atoms with van der Waals surface area (Å²) in [5.41, 5.74) is 8.33. The molecular weight excluding hydrogens is 212 g/mol. The van der Waals surface area contributed by atoms with Gasteiger partial charge in [-0.05, 0) is 44.6 Å².